The fraction of sp³-hybridized carbons (Fsp3) is 0.455. The molecule has 0 aliphatic rings. The lowest BCUT2D eigenvalue weighted by molar-refractivity contribution is 0.305. The maximum atomic E-state index is 6.01. The average molecular weight is 312 g/mol. The number of hydrogen-bond donors (Lipinski definition) is 1. The molecular weight excluding hydrogens is 296 g/mol. The first-order valence-electron chi connectivity index (χ1n) is 6.03. The molecule has 0 spiro atoms. The minimum atomic E-state index is 0.418. The Labute approximate surface area is 125 Å². The van der Waals surface area contributed by atoms with E-state index in [2.05, 4.69) is 20.2 Å². The van der Waals surface area contributed by atoms with Crippen LogP contribution in [0.3, 0.4) is 0 Å². The normalized spacial score (nSPS) is 10.6. The Morgan fingerprint density at radius 1 is 1.35 bits per heavy atom. The van der Waals surface area contributed by atoms with E-state index in [0.717, 1.165) is 15.9 Å². The Hall–Kier alpha value is -1.61. The maximum Gasteiger partial charge on any atom is 0.241 e. The van der Waals surface area contributed by atoms with E-state index in [1.54, 1.807) is 0 Å². The quantitative estimate of drug-likeness (QED) is 0.809. The zero-order valence-corrected chi connectivity index (χ0v) is 13.2. The van der Waals surface area contributed by atoms with Gasteiger partial charge in [-0.05, 0) is 18.2 Å². The highest BCUT2D eigenvalue weighted by atomic mass is 32.2. The van der Waals surface area contributed by atoms with Gasteiger partial charge in [-0.1, -0.05) is 18.3 Å². The van der Waals surface area contributed by atoms with Gasteiger partial charge in [0, 0.05) is 14.1 Å². The van der Waals surface area contributed by atoms with Crippen molar-refractivity contribution in [2.45, 2.75) is 22.7 Å². The minimum absolute atomic E-state index is 0.418. The summed E-state index contributed by atoms with van der Waals surface area (Å²) >= 11 is 2.84. The molecule has 2 heterocycles. The molecule has 0 saturated heterocycles. The van der Waals surface area contributed by atoms with Crippen LogP contribution in [0.15, 0.2) is 15.7 Å². The summed E-state index contributed by atoms with van der Waals surface area (Å²) in [5, 5.41) is 9.64. The largest absolute Gasteiger partial charge is 0.476 e. The molecule has 0 unspecified atom stereocenters. The van der Waals surface area contributed by atoms with Gasteiger partial charge in [0.2, 0.25) is 11.0 Å². The number of nitrogens with zero attached hydrogens (tertiary/aromatic N) is 5. The van der Waals surface area contributed by atoms with Crippen LogP contribution in [0.4, 0.5) is 10.8 Å². The molecule has 2 rings (SSSR count). The molecule has 7 nitrogen and oxygen atoms in total. The van der Waals surface area contributed by atoms with E-state index in [1.807, 2.05) is 25.9 Å². The molecule has 0 amide bonds. The van der Waals surface area contributed by atoms with Crippen molar-refractivity contribution in [1.82, 2.24) is 20.2 Å². The van der Waals surface area contributed by atoms with Gasteiger partial charge in [0.15, 0.2) is 4.34 Å². The lowest BCUT2D eigenvalue weighted by Gasteiger charge is -2.08. The lowest BCUT2D eigenvalue weighted by atomic mass is 10.5. The molecule has 0 aromatic carbocycles. The van der Waals surface area contributed by atoms with E-state index < -0.39 is 0 Å². The number of rotatable bonds is 6. The van der Waals surface area contributed by atoms with Crippen LogP contribution in [0.2, 0.25) is 0 Å². The topological polar surface area (TPSA) is 90.0 Å². The molecule has 2 aromatic rings. The number of nitrogens with two attached hydrogens (primary N) is 1. The molecular formula is C11H16N6OS2. The molecule has 0 aliphatic heterocycles. The second kappa shape index (κ2) is 6.71. The van der Waals surface area contributed by atoms with Crippen molar-refractivity contribution in [3.05, 3.63) is 6.33 Å². The van der Waals surface area contributed by atoms with Gasteiger partial charge in [-0.15, -0.1) is 10.2 Å². The number of nitrogen functional groups attached to an aromatic ring is 1. The second-order valence-electron chi connectivity index (χ2n) is 4.09. The predicted molar refractivity (Wildman–Crippen MR) is 80.6 cm³/mol. The number of aromatic nitrogens is 4. The third kappa shape index (κ3) is 3.48. The van der Waals surface area contributed by atoms with Crippen LogP contribution in [0.1, 0.15) is 13.3 Å². The molecule has 20 heavy (non-hydrogen) atoms. The van der Waals surface area contributed by atoms with E-state index in [4.69, 9.17) is 10.5 Å². The number of hydrogen-bond acceptors (Lipinski definition) is 9. The first kappa shape index (κ1) is 14.8. The fourth-order valence-electron chi connectivity index (χ4n) is 1.27. The van der Waals surface area contributed by atoms with E-state index in [1.165, 1.54) is 29.4 Å². The summed E-state index contributed by atoms with van der Waals surface area (Å²) in [5.41, 5.74) is 6.45. The molecule has 0 aliphatic carbocycles. The zero-order valence-electron chi connectivity index (χ0n) is 11.5. The highest BCUT2D eigenvalue weighted by molar-refractivity contribution is 8.01. The van der Waals surface area contributed by atoms with Crippen molar-refractivity contribution >= 4 is 33.9 Å². The second-order valence-corrected chi connectivity index (χ2v) is 6.29. The van der Waals surface area contributed by atoms with Gasteiger partial charge in [-0.2, -0.15) is 4.98 Å². The van der Waals surface area contributed by atoms with Crippen LogP contribution in [0.5, 0.6) is 5.88 Å². The highest BCUT2D eigenvalue weighted by Crippen LogP contribution is 2.36. The molecule has 0 atom stereocenters. The van der Waals surface area contributed by atoms with Crippen LogP contribution in [-0.2, 0) is 0 Å². The van der Waals surface area contributed by atoms with Gasteiger partial charge in [0.05, 0.1) is 6.61 Å². The third-order valence-electron chi connectivity index (χ3n) is 2.22. The Morgan fingerprint density at radius 3 is 2.80 bits per heavy atom. The first-order valence-corrected chi connectivity index (χ1v) is 7.67. The Morgan fingerprint density at radius 2 is 2.15 bits per heavy atom. The smallest absolute Gasteiger partial charge is 0.241 e. The van der Waals surface area contributed by atoms with Gasteiger partial charge < -0.3 is 15.4 Å². The zero-order chi connectivity index (χ0) is 14.5. The van der Waals surface area contributed by atoms with Crippen molar-refractivity contribution in [1.29, 1.82) is 0 Å². The van der Waals surface area contributed by atoms with Crippen molar-refractivity contribution < 1.29 is 4.74 Å². The molecule has 0 fully saturated rings. The van der Waals surface area contributed by atoms with Gasteiger partial charge in [0.25, 0.3) is 0 Å². The maximum absolute atomic E-state index is 6.01. The summed E-state index contributed by atoms with van der Waals surface area (Å²) in [5.74, 6) is 0.418. The van der Waals surface area contributed by atoms with E-state index in [9.17, 15) is 0 Å². The van der Waals surface area contributed by atoms with Gasteiger partial charge >= 0.3 is 0 Å². The molecule has 108 valence electrons. The summed E-state index contributed by atoms with van der Waals surface area (Å²) in [7, 11) is 3.84. The van der Waals surface area contributed by atoms with Crippen molar-refractivity contribution in [2.24, 2.45) is 0 Å². The fourth-order valence-corrected chi connectivity index (χ4v) is 2.94. The van der Waals surface area contributed by atoms with Crippen LogP contribution >= 0.6 is 23.1 Å². The Balaban J connectivity index is 2.15. The van der Waals surface area contributed by atoms with E-state index in [0.29, 0.717) is 23.2 Å². The first-order chi connectivity index (χ1) is 9.61. The minimum Gasteiger partial charge on any atom is -0.476 e. The van der Waals surface area contributed by atoms with E-state index in [-0.39, 0.29) is 0 Å². The highest BCUT2D eigenvalue weighted by Gasteiger charge is 2.14. The van der Waals surface area contributed by atoms with Crippen LogP contribution < -0.4 is 15.4 Å². The van der Waals surface area contributed by atoms with Crippen molar-refractivity contribution in [3.8, 4) is 5.88 Å². The Kier molecular flexibility index (Phi) is 4.96. The number of anilines is 2. The van der Waals surface area contributed by atoms with Crippen LogP contribution in [-0.4, -0.2) is 40.9 Å². The van der Waals surface area contributed by atoms with Crippen molar-refractivity contribution in [2.75, 3.05) is 31.3 Å². The summed E-state index contributed by atoms with van der Waals surface area (Å²) < 4.78 is 6.26. The molecule has 2 aromatic heterocycles. The van der Waals surface area contributed by atoms with Crippen LogP contribution in [0, 0.1) is 0 Å². The van der Waals surface area contributed by atoms with Crippen molar-refractivity contribution in [3.63, 3.8) is 0 Å². The van der Waals surface area contributed by atoms with Gasteiger partial charge in [0.1, 0.15) is 17.0 Å². The third-order valence-corrected chi connectivity index (χ3v) is 4.38. The standard InChI is InChI=1S/C11H16N6OS2/c1-4-5-18-8-7(12)9(14-6-13-8)19-11-16-15-10(20-11)17(2)3/h6H,4-5,12H2,1-3H3. The van der Waals surface area contributed by atoms with Gasteiger partial charge in [-0.25, -0.2) is 4.98 Å². The van der Waals surface area contributed by atoms with Gasteiger partial charge in [-0.3, -0.25) is 0 Å². The molecule has 0 bridgehead atoms. The molecule has 9 heteroatoms. The summed E-state index contributed by atoms with van der Waals surface area (Å²) in [6.07, 6.45) is 2.34. The monoisotopic (exact) mass is 312 g/mol. The molecule has 0 radical (unpaired) electrons. The summed E-state index contributed by atoms with van der Waals surface area (Å²) in [6, 6.07) is 0. The summed E-state index contributed by atoms with van der Waals surface area (Å²) in [6.45, 7) is 2.60. The average Bonchev–Trinajstić information content (AvgIpc) is 2.88. The SMILES string of the molecule is CCCOc1ncnc(Sc2nnc(N(C)C)s2)c1N. The number of ether oxygens (including phenoxy) is 1. The predicted octanol–water partition coefficient (Wildman–Crippen LogP) is 1.92. The Bertz CT molecular complexity index is 574. The lowest BCUT2D eigenvalue weighted by Crippen LogP contribution is -2.07. The van der Waals surface area contributed by atoms with Crippen LogP contribution in [0.25, 0.3) is 0 Å². The molecule has 2 N–H and O–H groups in total. The molecule has 0 saturated carbocycles. The summed E-state index contributed by atoms with van der Waals surface area (Å²) in [4.78, 5) is 10.1. The van der Waals surface area contributed by atoms with E-state index >= 15 is 0 Å².